The van der Waals surface area contributed by atoms with Crippen molar-refractivity contribution in [2.24, 2.45) is 0 Å². The van der Waals surface area contributed by atoms with Crippen molar-refractivity contribution in [3.63, 3.8) is 0 Å². The molecule has 0 aliphatic rings. The minimum Gasteiger partial charge on any atom is -0.398 e. The Kier molecular flexibility index (Phi) is 4.72. The number of rotatable bonds is 4. The first kappa shape index (κ1) is 15.6. The molecule has 0 aromatic heterocycles. The van der Waals surface area contributed by atoms with Gasteiger partial charge in [-0.2, -0.15) is 0 Å². The molecule has 2 aromatic carbocycles. The highest BCUT2D eigenvalue weighted by molar-refractivity contribution is 5.75. The molecule has 0 unspecified atom stereocenters. The predicted octanol–water partition coefficient (Wildman–Crippen LogP) is 5.24. The zero-order valence-electron chi connectivity index (χ0n) is 14.0. The monoisotopic (exact) mass is 281 g/mol. The van der Waals surface area contributed by atoms with Gasteiger partial charge in [-0.15, -0.1) is 0 Å². The summed E-state index contributed by atoms with van der Waals surface area (Å²) in [6.45, 7) is 10.9. The first-order valence-electron chi connectivity index (χ1n) is 8.03. The second-order valence-electron chi connectivity index (χ2n) is 5.87. The van der Waals surface area contributed by atoms with Gasteiger partial charge in [-0.3, -0.25) is 0 Å². The van der Waals surface area contributed by atoms with Crippen LogP contribution in [0.2, 0.25) is 0 Å². The quantitative estimate of drug-likeness (QED) is 0.762. The molecule has 112 valence electrons. The highest BCUT2D eigenvalue weighted by Gasteiger charge is 2.12. The van der Waals surface area contributed by atoms with Crippen molar-refractivity contribution in [1.82, 2.24) is 0 Å². The van der Waals surface area contributed by atoms with Crippen molar-refractivity contribution >= 4 is 5.69 Å². The lowest BCUT2D eigenvalue weighted by atomic mass is 9.88. The SMILES string of the molecule is CCc1cc(CC)c(-c2cc(C)c(N)c(C)c2)c(CC)c1. The van der Waals surface area contributed by atoms with Gasteiger partial charge in [0, 0.05) is 5.69 Å². The lowest BCUT2D eigenvalue weighted by Gasteiger charge is -2.18. The van der Waals surface area contributed by atoms with Crippen LogP contribution in [0.1, 0.15) is 48.6 Å². The zero-order chi connectivity index (χ0) is 15.6. The summed E-state index contributed by atoms with van der Waals surface area (Å²) in [6, 6.07) is 9.22. The molecule has 2 aromatic rings. The van der Waals surface area contributed by atoms with E-state index >= 15 is 0 Å². The smallest absolute Gasteiger partial charge is 0.0373 e. The third-order valence-corrected chi connectivity index (χ3v) is 4.41. The van der Waals surface area contributed by atoms with E-state index < -0.39 is 0 Å². The van der Waals surface area contributed by atoms with Crippen LogP contribution in [0.3, 0.4) is 0 Å². The van der Waals surface area contributed by atoms with E-state index in [1.165, 1.54) is 38.9 Å². The molecule has 0 amide bonds. The molecule has 21 heavy (non-hydrogen) atoms. The number of nitrogen functional groups attached to an aromatic ring is 1. The van der Waals surface area contributed by atoms with E-state index in [0.717, 1.165) is 24.9 Å². The van der Waals surface area contributed by atoms with Gasteiger partial charge in [0.15, 0.2) is 0 Å². The maximum atomic E-state index is 6.12. The fraction of sp³-hybridized carbons (Fsp3) is 0.400. The Balaban J connectivity index is 2.73. The second-order valence-corrected chi connectivity index (χ2v) is 5.87. The lowest BCUT2D eigenvalue weighted by molar-refractivity contribution is 1.05. The topological polar surface area (TPSA) is 26.0 Å². The molecule has 0 bridgehead atoms. The van der Waals surface area contributed by atoms with Gasteiger partial charge in [0.05, 0.1) is 0 Å². The molecule has 1 heteroatoms. The molecule has 0 aliphatic carbocycles. The summed E-state index contributed by atoms with van der Waals surface area (Å²) in [5.41, 5.74) is 16.5. The number of anilines is 1. The van der Waals surface area contributed by atoms with E-state index in [0.29, 0.717) is 0 Å². The van der Waals surface area contributed by atoms with E-state index in [1.54, 1.807) is 0 Å². The molecule has 0 radical (unpaired) electrons. The van der Waals surface area contributed by atoms with Crippen LogP contribution in [0, 0.1) is 13.8 Å². The third kappa shape index (κ3) is 2.97. The largest absolute Gasteiger partial charge is 0.398 e. The van der Waals surface area contributed by atoms with Gasteiger partial charge in [-0.1, -0.05) is 32.9 Å². The molecule has 0 heterocycles. The Labute approximate surface area is 129 Å². The summed E-state index contributed by atoms with van der Waals surface area (Å²) in [6.07, 6.45) is 3.23. The van der Waals surface area contributed by atoms with Crippen molar-refractivity contribution in [2.75, 3.05) is 5.73 Å². The molecule has 0 fully saturated rings. The Morgan fingerprint density at radius 1 is 0.762 bits per heavy atom. The van der Waals surface area contributed by atoms with Crippen molar-refractivity contribution in [1.29, 1.82) is 0 Å². The molecule has 0 atom stereocenters. The van der Waals surface area contributed by atoms with Gasteiger partial charge in [-0.25, -0.2) is 0 Å². The van der Waals surface area contributed by atoms with Crippen molar-refractivity contribution in [3.05, 3.63) is 52.1 Å². The van der Waals surface area contributed by atoms with Crippen molar-refractivity contribution < 1.29 is 0 Å². The van der Waals surface area contributed by atoms with Crippen LogP contribution in [0.4, 0.5) is 5.69 Å². The molecular formula is C20H27N. The maximum absolute atomic E-state index is 6.12. The highest BCUT2D eigenvalue weighted by Crippen LogP contribution is 2.33. The minimum absolute atomic E-state index is 0.917. The van der Waals surface area contributed by atoms with Crippen LogP contribution in [0.5, 0.6) is 0 Å². The Morgan fingerprint density at radius 2 is 1.24 bits per heavy atom. The third-order valence-electron chi connectivity index (χ3n) is 4.41. The fourth-order valence-electron chi connectivity index (χ4n) is 3.09. The number of aryl methyl sites for hydroxylation is 5. The average molecular weight is 281 g/mol. The summed E-state index contributed by atoms with van der Waals surface area (Å²) >= 11 is 0. The highest BCUT2D eigenvalue weighted by atomic mass is 14.6. The number of hydrogen-bond acceptors (Lipinski definition) is 1. The van der Waals surface area contributed by atoms with Gasteiger partial charge in [0.2, 0.25) is 0 Å². The van der Waals surface area contributed by atoms with Crippen LogP contribution < -0.4 is 5.73 Å². The summed E-state index contributed by atoms with van der Waals surface area (Å²) in [7, 11) is 0. The van der Waals surface area contributed by atoms with E-state index in [1.807, 2.05) is 0 Å². The van der Waals surface area contributed by atoms with Crippen LogP contribution >= 0.6 is 0 Å². The molecule has 0 aliphatic heterocycles. The molecule has 1 nitrogen and oxygen atoms in total. The predicted molar refractivity (Wildman–Crippen MR) is 93.9 cm³/mol. The van der Waals surface area contributed by atoms with E-state index in [-0.39, 0.29) is 0 Å². The molecule has 2 rings (SSSR count). The molecule has 0 saturated heterocycles. The first-order valence-corrected chi connectivity index (χ1v) is 8.03. The van der Waals surface area contributed by atoms with Crippen molar-refractivity contribution in [3.8, 4) is 11.1 Å². The molecule has 0 spiro atoms. The van der Waals surface area contributed by atoms with Crippen LogP contribution in [0.15, 0.2) is 24.3 Å². The summed E-state index contributed by atoms with van der Waals surface area (Å²) in [5.74, 6) is 0. The van der Waals surface area contributed by atoms with Crippen LogP contribution in [0.25, 0.3) is 11.1 Å². The van der Waals surface area contributed by atoms with E-state index in [4.69, 9.17) is 5.73 Å². The zero-order valence-corrected chi connectivity index (χ0v) is 14.0. The summed E-state index contributed by atoms with van der Waals surface area (Å²) in [4.78, 5) is 0. The number of nitrogens with two attached hydrogens (primary N) is 1. The second kappa shape index (κ2) is 6.34. The van der Waals surface area contributed by atoms with Crippen LogP contribution in [-0.2, 0) is 19.3 Å². The lowest BCUT2D eigenvalue weighted by Crippen LogP contribution is -2.00. The van der Waals surface area contributed by atoms with E-state index in [2.05, 4.69) is 58.9 Å². The molecular weight excluding hydrogens is 254 g/mol. The Bertz CT molecular complexity index is 605. The Hall–Kier alpha value is -1.76. The van der Waals surface area contributed by atoms with Crippen molar-refractivity contribution in [2.45, 2.75) is 53.9 Å². The van der Waals surface area contributed by atoms with E-state index in [9.17, 15) is 0 Å². The van der Waals surface area contributed by atoms with Gasteiger partial charge in [-0.05, 0) is 84.2 Å². The minimum atomic E-state index is 0.917. The fourth-order valence-corrected chi connectivity index (χ4v) is 3.09. The van der Waals surface area contributed by atoms with Crippen LogP contribution in [-0.4, -0.2) is 0 Å². The molecule has 0 saturated carbocycles. The standard InChI is InChI=1S/C20H27N/c1-6-15-11-16(7-2)19(17(8-3)12-15)18-9-13(4)20(21)14(5)10-18/h9-12H,6-8,21H2,1-5H3. The maximum Gasteiger partial charge on any atom is 0.0373 e. The molecule has 2 N–H and O–H groups in total. The number of hydrogen-bond donors (Lipinski definition) is 1. The van der Waals surface area contributed by atoms with Gasteiger partial charge in [0.25, 0.3) is 0 Å². The van der Waals surface area contributed by atoms with Gasteiger partial charge in [0.1, 0.15) is 0 Å². The number of benzene rings is 2. The van der Waals surface area contributed by atoms with Gasteiger partial charge >= 0.3 is 0 Å². The Morgan fingerprint density at radius 3 is 1.62 bits per heavy atom. The summed E-state index contributed by atoms with van der Waals surface area (Å²) < 4.78 is 0. The normalized spacial score (nSPS) is 10.9. The van der Waals surface area contributed by atoms with Gasteiger partial charge < -0.3 is 5.73 Å². The summed E-state index contributed by atoms with van der Waals surface area (Å²) in [5, 5.41) is 0. The first-order chi connectivity index (χ1) is 10.0. The average Bonchev–Trinajstić information content (AvgIpc) is 2.50.